The average molecular weight is 347 g/mol. The molecule has 0 aliphatic heterocycles. The second-order valence-corrected chi connectivity index (χ2v) is 6.09. The summed E-state index contributed by atoms with van der Waals surface area (Å²) in [6.07, 6.45) is 0. The highest BCUT2D eigenvalue weighted by molar-refractivity contribution is 6.34. The maximum atomic E-state index is 6.20. The van der Waals surface area contributed by atoms with Gasteiger partial charge >= 0.3 is 0 Å². The Hall–Kier alpha value is -2.91. The standard InChI is InChI=1S/C21H15ClN2O/c1-14-21(24-18-12-7-11-17(22)20(18)23-14)25-19-13-6-5-10-16(19)15-8-3-2-4-9-15/h2-13H,1H3. The monoisotopic (exact) mass is 346 g/mol. The van der Waals surface area contributed by atoms with Crippen molar-refractivity contribution in [2.24, 2.45) is 0 Å². The van der Waals surface area contributed by atoms with Crippen LogP contribution in [0, 0.1) is 6.92 Å². The number of aromatic nitrogens is 2. The first-order valence-electron chi connectivity index (χ1n) is 7.97. The normalized spacial score (nSPS) is 10.8. The Morgan fingerprint density at radius 2 is 1.56 bits per heavy atom. The van der Waals surface area contributed by atoms with Crippen molar-refractivity contribution in [3.05, 3.63) is 83.5 Å². The third-order valence-corrected chi connectivity index (χ3v) is 4.26. The number of ether oxygens (including phenoxy) is 1. The van der Waals surface area contributed by atoms with Crippen LogP contribution in [-0.4, -0.2) is 9.97 Å². The number of aryl methyl sites for hydroxylation is 1. The number of rotatable bonds is 3. The third kappa shape index (κ3) is 3.06. The highest BCUT2D eigenvalue weighted by atomic mass is 35.5. The molecular weight excluding hydrogens is 332 g/mol. The minimum absolute atomic E-state index is 0.484. The largest absolute Gasteiger partial charge is 0.437 e. The predicted octanol–water partition coefficient (Wildman–Crippen LogP) is 6.05. The Balaban J connectivity index is 1.79. The number of fused-ring (bicyclic) bond motifs is 1. The van der Waals surface area contributed by atoms with Crippen molar-refractivity contribution >= 4 is 22.6 Å². The van der Waals surface area contributed by atoms with Crippen molar-refractivity contribution in [3.8, 4) is 22.8 Å². The van der Waals surface area contributed by atoms with Gasteiger partial charge in [-0.1, -0.05) is 66.2 Å². The molecule has 4 heteroatoms. The highest BCUT2D eigenvalue weighted by Gasteiger charge is 2.12. The van der Waals surface area contributed by atoms with E-state index in [4.69, 9.17) is 16.3 Å². The summed E-state index contributed by atoms with van der Waals surface area (Å²) in [6.45, 7) is 1.87. The van der Waals surface area contributed by atoms with Crippen LogP contribution in [-0.2, 0) is 0 Å². The van der Waals surface area contributed by atoms with E-state index >= 15 is 0 Å². The van der Waals surface area contributed by atoms with Gasteiger partial charge in [-0.2, -0.15) is 0 Å². The molecule has 0 atom stereocenters. The van der Waals surface area contributed by atoms with Crippen LogP contribution in [0.5, 0.6) is 11.6 Å². The number of hydrogen-bond donors (Lipinski definition) is 0. The molecule has 3 aromatic carbocycles. The summed E-state index contributed by atoms with van der Waals surface area (Å²) in [7, 11) is 0. The first-order chi connectivity index (χ1) is 12.2. The molecule has 0 radical (unpaired) electrons. The van der Waals surface area contributed by atoms with E-state index in [1.807, 2.05) is 67.6 Å². The van der Waals surface area contributed by atoms with Gasteiger partial charge in [0.05, 0.1) is 10.5 Å². The molecule has 0 saturated heterocycles. The lowest BCUT2D eigenvalue weighted by molar-refractivity contribution is 0.460. The van der Waals surface area contributed by atoms with E-state index in [0.29, 0.717) is 27.6 Å². The molecule has 0 unspecified atom stereocenters. The van der Waals surface area contributed by atoms with Crippen molar-refractivity contribution in [1.82, 2.24) is 9.97 Å². The van der Waals surface area contributed by atoms with E-state index in [-0.39, 0.29) is 0 Å². The zero-order valence-electron chi connectivity index (χ0n) is 13.6. The van der Waals surface area contributed by atoms with Crippen molar-refractivity contribution in [2.75, 3.05) is 0 Å². The van der Waals surface area contributed by atoms with Crippen LogP contribution in [0.1, 0.15) is 5.69 Å². The van der Waals surface area contributed by atoms with Crippen LogP contribution in [0.4, 0.5) is 0 Å². The molecule has 4 aromatic rings. The minimum Gasteiger partial charge on any atom is -0.437 e. The SMILES string of the molecule is Cc1nc2c(Cl)cccc2nc1Oc1ccccc1-c1ccccc1. The minimum atomic E-state index is 0.484. The molecule has 0 aliphatic carbocycles. The van der Waals surface area contributed by atoms with Gasteiger partial charge < -0.3 is 4.74 Å². The first kappa shape index (κ1) is 15.6. The van der Waals surface area contributed by atoms with E-state index < -0.39 is 0 Å². The summed E-state index contributed by atoms with van der Waals surface area (Å²) in [5.74, 6) is 1.23. The van der Waals surface area contributed by atoms with Gasteiger partial charge in [-0.15, -0.1) is 0 Å². The van der Waals surface area contributed by atoms with Crippen LogP contribution in [0.25, 0.3) is 22.2 Å². The molecule has 1 heterocycles. The molecule has 0 bridgehead atoms. The predicted molar refractivity (Wildman–Crippen MR) is 101 cm³/mol. The average Bonchev–Trinajstić information content (AvgIpc) is 2.64. The highest BCUT2D eigenvalue weighted by Crippen LogP contribution is 2.34. The lowest BCUT2D eigenvalue weighted by Gasteiger charge is -2.12. The van der Waals surface area contributed by atoms with Gasteiger partial charge in [-0.3, -0.25) is 0 Å². The van der Waals surface area contributed by atoms with E-state index in [1.54, 1.807) is 0 Å². The van der Waals surface area contributed by atoms with E-state index in [9.17, 15) is 0 Å². The van der Waals surface area contributed by atoms with Crippen LogP contribution in [0.3, 0.4) is 0 Å². The molecular formula is C21H15ClN2O. The summed E-state index contributed by atoms with van der Waals surface area (Å²) in [4.78, 5) is 9.15. The van der Waals surface area contributed by atoms with Crippen molar-refractivity contribution in [3.63, 3.8) is 0 Å². The molecule has 0 amide bonds. The Bertz CT molecular complexity index is 1050. The molecule has 4 rings (SSSR count). The van der Waals surface area contributed by atoms with E-state index in [0.717, 1.165) is 16.9 Å². The Labute approximate surface area is 150 Å². The molecule has 3 nitrogen and oxygen atoms in total. The maximum Gasteiger partial charge on any atom is 0.241 e. The number of hydrogen-bond acceptors (Lipinski definition) is 3. The van der Waals surface area contributed by atoms with E-state index in [1.165, 1.54) is 0 Å². The van der Waals surface area contributed by atoms with Gasteiger partial charge in [0.15, 0.2) is 0 Å². The lowest BCUT2D eigenvalue weighted by atomic mass is 10.1. The topological polar surface area (TPSA) is 35.0 Å². The number of para-hydroxylation sites is 2. The molecule has 1 aromatic heterocycles. The van der Waals surface area contributed by atoms with Crippen LogP contribution in [0.15, 0.2) is 72.8 Å². The van der Waals surface area contributed by atoms with Crippen LogP contribution < -0.4 is 4.74 Å². The summed E-state index contributed by atoms with van der Waals surface area (Å²) in [5.41, 5.74) is 4.20. The second kappa shape index (κ2) is 6.54. The Morgan fingerprint density at radius 1 is 0.800 bits per heavy atom. The van der Waals surface area contributed by atoms with Gasteiger partial charge in [0.25, 0.3) is 0 Å². The summed E-state index contributed by atoms with van der Waals surface area (Å²) in [5, 5.41) is 0.587. The Kier molecular flexibility index (Phi) is 4.08. The zero-order valence-corrected chi connectivity index (χ0v) is 14.4. The van der Waals surface area contributed by atoms with Gasteiger partial charge in [-0.05, 0) is 30.7 Å². The first-order valence-corrected chi connectivity index (χ1v) is 8.35. The maximum absolute atomic E-state index is 6.20. The van der Waals surface area contributed by atoms with Crippen molar-refractivity contribution < 1.29 is 4.74 Å². The van der Waals surface area contributed by atoms with E-state index in [2.05, 4.69) is 22.1 Å². The number of halogens is 1. The van der Waals surface area contributed by atoms with Gasteiger partial charge in [0, 0.05) is 5.56 Å². The Morgan fingerprint density at radius 3 is 2.40 bits per heavy atom. The fourth-order valence-electron chi connectivity index (χ4n) is 2.72. The molecule has 0 fully saturated rings. The molecule has 0 aliphatic rings. The van der Waals surface area contributed by atoms with Crippen molar-refractivity contribution in [1.29, 1.82) is 0 Å². The number of nitrogens with zero attached hydrogens (tertiary/aromatic N) is 2. The summed E-state index contributed by atoms with van der Waals surface area (Å²) >= 11 is 6.20. The zero-order chi connectivity index (χ0) is 17.2. The van der Waals surface area contributed by atoms with Gasteiger partial charge in [0.2, 0.25) is 5.88 Å². The quantitative estimate of drug-likeness (QED) is 0.453. The van der Waals surface area contributed by atoms with Crippen molar-refractivity contribution in [2.45, 2.75) is 6.92 Å². The fourth-order valence-corrected chi connectivity index (χ4v) is 2.94. The summed E-state index contributed by atoms with van der Waals surface area (Å²) in [6, 6.07) is 23.6. The lowest BCUT2D eigenvalue weighted by Crippen LogP contribution is -1.97. The molecule has 0 N–H and O–H groups in total. The smallest absolute Gasteiger partial charge is 0.241 e. The number of benzene rings is 3. The molecule has 122 valence electrons. The van der Waals surface area contributed by atoms with Crippen LogP contribution >= 0.6 is 11.6 Å². The molecule has 25 heavy (non-hydrogen) atoms. The van der Waals surface area contributed by atoms with Crippen LogP contribution in [0.2, 0.25) is 5.02 Å². The molecule has 0 spiro atoms. The fraction of sp³-hybridized carbons (Fsp3) is 0.0476. The second-order valence-electron chi connectivity index (χ2n) is 5.69. The molecule has 0 saturated carbocycles. The summed E-state index contributed by atoms with van der Waals surface area (Å²) < 4.78 is 6.13. The van der Waals surface area contributed by atoms with Gasteiger partial charge in [0.1, 0.15) is 17.0 Å². The third-order valence-electron chi connectivity index (χ3n) is 3.95. The van der Waals surface area contributed by atoms with Gasteiger partial charge in [-0.25, -0.2) is 9.97 Å².